The summed E-state index contributed by atoms with van der Waals surface area (Å²) in [4.78, 5) is 27.8. The van der Waals surface area contributed by atoms with Crippen LogP contribution in [0.2, 0.25) is 0 Å². The number of carbonyl (C=O) groups excluding carboxylic acids is 2. The first-order chi connectivity index (χ1) is 13.8. The zero-order valence-electron chi connectivity index (χ0n) is 16.8. The van der Waals surface area contributed by atoms with Gasteiger partial charge in [-0.15, -0.1) is 11.8 Å². The fraction of sp³-hybridized carbons (Fsp3) is 0.364. The van der Waals surface area contributed by atoms with Crippen molar-refractivity contribution in [2.75, 3.05) is 29.1 Å². The smallest absolute Gasteiger partial charge is 0.236 e. The second-order valence-corrected chi connectivity index (χ2v) is 8.65. The molecule has 7 heteroatoms. The minimum atomic E-state index is -0.622. The van der Waals surface area contributed by atoms with Crippen molar-refractivity contribution in [3.8, 4) is 5.75 Å². The highest BCUT2D eigenvalue weighted by molar-refractivity contribution is 8.00. The first-order valence-corrected chi connectivity index (χ1v) is 10.6. The maximum atomic E-state index is 13.0. The summed E-state index contributed by atoms with van der Waals surface area (Å²) in [7, 11) is 0. The lowest BCUT2D eigenvalue weighted by Gasteiger charge is -2.27. The molecule has 3 rings (SSSR count). The number of rotatable bonds is 6. The van der Waals surface area contributed by atoms with E-state index < -0.39 is 5.41 Å². The van der Waals surface area contributed by atoms with Crippen LogP contribution < -0.4 is 15.0 Å². The number of carbonyl (C=O) groups is 2. The molecule has 0 unspecified atom stereocenters. The Bertz CT molecular complexity index is 899. The predicted molar refractivity (Wildman–Crippen MR) is 114 cm³/mol. The van der Waals surface area contributed by atoms with Crippen LogP contribution in [0.25, 0.3) is 0 Å². The summed E-state index contributed by atoms with van der Waals surface area (Å²) in [5, 5.41) is 2.86. The van der Waals surface area contributed by atoms with Gasteiger partial charge in [0.05, 0.1) is 16.9 Å². The number of thioether (sulfide) groups is 1. The first-order valence-electron chi connectivity index (χ1n) is 9.57. The normalized spacial score (nSPS) is 15.3. The Labute approximate surface area is 174 Å². The third-order valence-corrected chi connectivity index (χ3v) is 5.59. The van der Waals surface area contributed by atoms with Crippen LogP contribution >= 0.6 is 11.8 Å². The molecule has 2 aromatic carbocycles. The lowest BCUT2D eigenvalue weighted by molar-refractivity contribution is -0.127. The fourth-order valence-corrected chi connectivity index (χ4v) is 3.75. The quantitative estimate of drug-likeness (QED) is 0.693. The number of benzene rings is 2. The summed E-state index contributed by atoms with van der Waals surface area (Å²) in [6, 6.07) is 11.4. The van der Waals surface area contributed by atoms with E-state index in [-0.39, 0.29) is 30.0 Å². The van der Waals surface area contributed by atoms with Gasteiger partial charge in [0, 0.05) is 23.2 Å². The Balaban J connectivity index is 1.71. The number of amides is 2. The SMILES string of the molecule is CCCN1C(=O)C(C)(C)COc2cc(NC(=O)CSc3ccc(F)cc3)ccc21. The van der Waals surface area contributed by atoms with Gasteiger partial charge in [-0.25, -0.2) is 4.39 Å². The monoisotopic (exact) mass is 416 g/mol. The number of nitrogens with zero attached hydrogens (tertiary/aromatic N) is 1. The minimum absolute atomic E-state index is 0.0329. The van der Waals surface area contributed by atoms with Crippen molar-refractivity contribution in [2.24, 2.45) is 5.41 Å². The average molecular weight is 417 g/mol. The third-order valence-electron chi connectivity index (χ3n) is 4.58. The van der Waals surface area contributed by atoms with E-state index >= 15 is 0 Å². The van der Waals surface area contributed by atoms with Gasteiger partial charge in [-0.05, 0) is 56.7 Å². The number of fused-ring (bicyclic) bond motifs is 1. The van der Waals surface area contributed by atoms with Crippen molar-refractivity contribution < 1.29 is 18.7 Å². The van der Waals surface area contributed by atoms with Crippen molar-refractivity contribution in [3.05, 3.63) is 48.3 Å². The van der Waals surface area contributed by atoms with Gasteiger partial charge in [-0.2, -0.15) is 0 Å². The molecule has 5 nitrogen and oxygen atoms in total. The summed E-state index contributed by atoms with van der Waals surface area (Å²) in [5.74, 6) is 0.348. The van der Waals surface area contributed by atoms with Crippen LogP contribution in [-0.2, 0) is 9.59 Å². The molecule has 0 atom stereocenters. The van der Waals surface area contributed by atoms with Crippen LogP contribution in [-0.4, -0.2) is 30.7 Å². The van der Waals surface area contributed by atoms with Crippen LogP contribution in [0.5, 0.6) is 5.75 Å². The maximum absolute atomic E-state index is 13.0. The van der Waals surface area contributed by atoms with Crippen LogP contribution in [0.1, 0.15) is 27.2 Å². The molecule has 0 aliphatic carbocycles. The number of hydrogen-bond acceptors (Lipinski definition) is 4. The molecule has 0 aromatic heterocycles. The molecular weight excluding hydrogens is 391 g/mol. The molecule has 29 heavy (non-hydrogen) atoms. The molecule has 0 bridgehead atoms. The van der Waals surface area contributed by atoms with E-state index in [4.69, 9.17) is 4.74 Å². The molecule has 0 saturated heterocycles. The van der Waals surface area contributed by atoms with Gasteiger partial charge in [0.1, 0.15) is 18.2 Å². The number of nitrogens with one attached hydrogen (secondary N) is 1. The zero-order chi connectivity index (χ0) is 21.0. The first kappa shape index (κ1) is 21.2. The third kappa shape index (κ3) is 5.09. The molecule has 0 radical (unpaired) electrons. The minimum Gasteiger partial charge on any atom is -0.490 e. The van der Waals surface area contributed by atoms with E-state index in [1.165, 1.54) is 23.9 Å². The molecule has 0 saturated carbocycles. The van der Waals surface area contributed by atoms with Crippen molar-refractivity contribution >= 4 is 35.0 Å². The van der Waals surface area contributed by atoms with E-state index in [9.17, 15) is 14.0 Å². The highest BCUT2D eigenvalue weighted by Gasteiger charge is 2.37. The Kier molecular flexibility index (Phi) is 6.47. The Morgan fingerprint density at radius 1 is 1.24 bits per heavy atom. The summed E-state index contributed by atoms with van der Waals surface area (Å²) < 4.78 is 18.9. The number of ether oxygens (including phenoxy) is 1. The van der Waals surface area contributed by atoms with Gasteiger partial charge in [-0.3, -0.25) is 9.59 Å². The van der Waals surface area contributed by atoms with Crippen molar-refractivity contribution in [1.29, 1.82) is 0 Å². The topological polar surface area (TPSA) is 58.6 Å². The van der Waals surface area contributed by atoms with Gasteiger partial charge >= 0.3 is 0 Å². The van der Waals surface area contributed by atoms with E-state index in [1.807, 2.05) is 26.8 Å². The molecule has 1 N–H and O–H groups in total. The number of halogens is 1. The summed E-state index contributed by atoms with van der Waals surface area (Å²) >= 11 is 1.33. The molecule has 0 spiro atoms. The highest BCUT2D eigenvalue weighted by atomic mass is 32.2. The van der Waals surface area contributed by atoms with Crippen LogP contribution in [0, 0.1) is 11.2 Å². The fourth-order valence-electron chi connectivity index (χ4n) is 3.05. The predicted octanol–water partition coefficient (Wildman–Crippen LogP) is 4.72. The summed E-state index contributed by atoms with van der Waals surface area (Å²) in [6.07, 6.45) is 0.834. The lowest BCUT2D eigenvalue weighted by atomic mass is 9.93. The van der Waals surface area contributed by atoms with Crippen molar-refractivity contribution in [2.45, 2.75) is 32.1 Å². The van der Waals surface area contributed by atoms with Crippen molar-refractivity contribution in [1.82, 2.24) is 0 Å². The standard InChI is InChI=1S/C22H25FN2O3S/c1-4-11-25-18-10-7-16(12-19(18)28-14-22(2,3)21(25)27)24-20(26)13-29-17-8-5-15(23)6-9-17/h5-10,12H,4,11,13-14H2,1-3H3,(H,24,26). The Morgan fingerprint density at radius 2 is 1.97 bits per heavy atom. The van der Waals surface area contributed by atoms with Crippen LogP contribution in [0.3, 0.4) is 0 Å². The van der Waals surface area contributed by atoms with Gasteiger partial charge in [-0.1, -0.05) is 6.92 Å². The summed E-state index contributed by atoms with van der Waals surface area (Å²) in [5.41, 5.74) is 0.710. The Hall–Kier alpha value is -2.54. The maximum Gasteiger partial charge on any atom is 0.236 e. The molecule has 0 fully saturated rings. The van der Waals surface area contributed by atoms with Crippen LogP contribution in [0.15, 0.2) is 47.4 Å². The second-order valence-electron chi connectivity index (χ2n) is 7.60. The van der Waals surface area contributed by atoms with E-state index in [1.54, 1.807) is 29.2 Å². The second kappa shape index (κ2) is 8.86. The molecule has 1 aliphatic rings. The van der Waals surface area contributed by atoms with Crippen molar-refractivity contribution in [3.63, 3.8) is 0 Å². The number of anilines is 2. The molecule has 1 heterocycles. The zero-order valence-corrected chi connectivity index (χ0v) is 17.6. The molecule has 1 aliphatic heterocycles. The molecular formula is C22H25FN2O3S. The highest BCUT2D eigenvalue weighted by Crippen LogP contribution is 2.38. The Morgan fingerprint density at radius 3 is 2.66 bits per heavy atom. The lowest BCUT2D eigenvalue weighted by Crippen LogP contribution is -2.42. The van der Waals surface area contributed by atoms with Crippen LogP contribution in [0.4, 0.5) is 15.8 Å². The largest absolute Gasteiger partial charge is 0.490 e. The van der Waals surface area contributed by atoms with Gasteiger partial charge in [0.2, 0.25) is 11.8 Å². The molecule has 154 valence electrons. The van der Waals surface area contributed by atoms with Gasteiger partial charge in [0.15, 0.2) is 0 Å². The van der Waals surface area contributed by atoms with E-state index in [0.29, 0.717) is 18.0 Å². The van der Waals surface area contributed by atoms with Gasteiger partial charge < -0.3 is 15.0 Å². The van der Waals surface area contributed by atoms with E-state index in [0.717, 1.165) is 17.0 Å². The van der Waals surface area contributed by atoms with E-state index in [2.05, 4.69) is 5.32 Å². The molecule has 2 aromatic rings. The number of hydrogen-bond donors (Lipinski definition) is 1. The summed E-state index contributed by atoms with van der Waals surface area (Å²) in [6.45, 7) is 6.66. The van der Waals surface area contributed by atoms with Gasteiger partial charge in [0.25, 0.3) is 0 Å². The average Bonchev–Trinajstić information content (AvgIpc) is 2.78. The molecule has 2 amide bonds.